The molecular weight excluding hydrogens is 400 g/mol. The molecule has 0 aliphatic carbocycles. The first-order valence-corrected chi connectivity index (χ1v) is 10.0. The van der Waals surface area contributed by atoms with E-state index in [-0.39, 0.29) is 0 Å². The molecule has 0 saturated carbocycles. The first-order chi connectivity index (χ1) is 15.0. The molecule has 31 heavy (non-hydrogen) atoms. The normalized spacial score (nSPS) is 11.1. The van der Waals surface area contributed by atoms with Crippen molar-refractivity contribution in [2.75, 3.05) is 46.2 Å². The lowest BCUT2D eigenvalue weighted by Gasteiger charge is -2.16. The van der Waals surface area contributed by atoms with Crippen molar-refractivity contribution in [3.63, 3.8) is 0 Å². The summed E-state index contributed by atoms with van der Waals surface area (Å²) in [6.07, 6.45) is 4.67. The number of methoxy groups -OCH3 is 1. The number of carboxylic acid groups (broad SMARTS) is 1. The van der Waals surface area contributed by atoms with Crippen molar-refractivity contribution in [3.8, 4) is 11.5 Å². The SMILES string of the molecule is CNCCCN(C)Cc1c[nH]c2[nH+]cnc(Nc3ccc(OC)c(OCC(=O)O)c3)c12. The third-order valence-electron chi connectivity index (χ3n) is 4.79. The number of aromatic nitrogens is 3. The van der Waals surface area contributed by atoms with Crippen LogP contribution in [0.1, 0.15) is 12.0 Å². The molecule has 166 valence electrons. The largest absolute Gasteiger partial charge is 0.493 e. The molecule has 0 saturated heterocycles. The van der Waals surface area contributed by atoms with Crippen LogP contribution in [0.2, 0.25) is 0 Å². The summed E-state index contributed by atoms with van der Waals surface area (Å²) in [5.41, 5.74) is 2.69. The summed E-state index contributed by atoms with van der Waals surface area (Å²) in [6.45, 7) is 2.27. The molecule has 0 aliphatic rings. The van der Waals surface area contributed by atoms with E-state index in [0.29, 0.717) is 23.0 Å². The number of carboxylic acids is 1. The fourth-order valence-electron chi connectivity index (χ4n) is 3.33. The third-order valence-corrected chi connectivity index (χ3v) is 4.79. The molecule has 3 aromatic rings. The van der Waals surface area contributed by atoms with Gasteiger partial charge in [0.2, 0.25) is 17.8 Å². The maximum atomic E-state index is 10.9. The minimum absolute atomic E-state index is 0.340. The number of fused-ring (bicyclic) bond motifs is 1. The molecule has 5 N–H and O–H groups in total. The van der Waals surface area contributed by atoms with Gasteiger partial charge in [0.15, 0.2) is 18.1 Å². The third kappa shape index (κ3) is 5.83. The standard InChI is InChI=1S/C21H28N6O4/c1-22-7-4-8-27(2)11-14-10-23-20-19(14)21(25-13-24-20)26-15-5-6-16(30-3)17(9-15)31-12-18(28)29/h5-6,9-10,13,22H,4,7-8,11-12H2,1-3H3,(H,28,29)(H2,23,24,25,26)/p+1. The molecule has 1 aromatic carbocycles. The highest BCUT2D eigenvalue weighted by Crippen LogP contribution is 2.33. The van der Waals surface area contributed by atoms with Gasteiger partial charge in [-0.15, -0.1) is 0 Å². The number of nitrogens with one attached hydrogen (secondary N) is 4. The Morgan fingerprint density at radius 2 is 2.19 bits per heavy atom. The van der Waals surface area contributed by atoms with Crippen molar-refractivity contribution in [3.05, 3.63) is 36.3 Å². The number of carbonyl (C=O) groups is 1. The Kier molecular flexibility index (Phi) is 7.63. The van der Waals surface area contributed by atoms with Gasteiger partial charge in [-0.2, -0.15) is 0 Å². The zero-order chi connectivity index (χ0) is 22.2. The second-order valence-electron chi connectivity index (χ2n) is 7.18. The van der Waals surface area contributed by atoms with Crippen LogP contribution in [0.4, 0.5) is 11.5 Å². The average Bonchev–Trinajstić information content (AvgIpc) is 3.16. The van der Waals surface area contributed by atoms with Crippen LogP contribution >= 0.6 is 0 Å². The number of aromatic amines is 2. The molecule has 0 radical (unpaired) electrons. The molecule has 10 nitrogen and oxygen atoms in total. The molecule has 0 aliphatic heterocycles. The summed E-state index contributed by atoms with van der Waals surface area (Å²) in [5.74, 6) is 0.421. The highest BCUT2D eigenvalue weighted by Gasteiger charge is 2.18. The Balaban J connectivity index is 1.84. The van der Waals surface area contributed by atoms with Crippen LogP contribution in [0.25, 0.3) is 11.0 Å². The Hall–Kier alpha value is -3.37. The van der Waals surface area contributed by atoms with Gasteiger partial charge in [0.05, 0.1) is 13.3 Å². The summed E-state index contributed by atoms with van der Waals surface area (Å²) in [4.78, 5) is 24.0. The van der Waals surface area contributed by atoms with E-state index in [2.05, 4.69) is 37.5 Å². The predicted molar refractivity (Wildman–Crippen MR) is 117 cm³/mol. The summed E-state index contributed by atoms with van der Waals surface area (Å²) < 4.78 is 10.6. The minimum Gasteiger partial charge on any atom is -0.493 e. The summed E-state index contributed by atoms with van der Waals surface area (Å²) >= 11 is 0. The molecule has 3 rings (SSSR count). The molecule has 0 fully saturated rings. The lowest BCUT2D eigenvalue weighted by molar-refractivity contribution is -0.352. The summed E-state index contributed by atoms with van der Waals surface area (Å²) in [7, 11) is 5.56. The molecule has 0 atom stereocenters. The van der Waals surface area contributed by atoms with Gasteiger partial charge in [-0.25, -0.2) is 9.78 Å². The van der Waals surface area contributed by atoms with Crippen LogP contribution in [0, 0.1) is 0 Å². The zero-order valence-corrected chi connectivity index (χ0v) is 18.0. The molecule has 0 amide bonds. The second kappa shape index (κ2) is 10.6. The van der Waals surface area contributed by atoms with Crippen molar-refractivity contribution >= 4 is 28.5 Å². The van der Waals surface area contributed by atoms with Crippen molar-refractivity contribution < 1.29 is 24.4 Å². The van der Waals surface area contributed by atoms with Gasteiger partial charge in [-0.3, -0.25) is 4.98 Å². The molecule has 2 heterocycles. The first-order valence-electron chi connectivity index (χ1n) is 10.0. The van der Waals surface area contributed by atoms with Gasteiger partial charge in [0, 0.05) is 23.9 Å². The zero-order valence-electron chi connectivity index (χ0n) is 18.0. The maximum absolute atomic E-state index is 10.9. The maximum Gasteiger partial charge on any atom is 0.341 e. The number of anilines is 2. The number of rotatable bonds is 12. The fraction of sp³-hybridized carbons (Fsp3) is 0.381. The molecular formula is C21H29N6O4+. The number of hydrogen-bond acceptors (Lipinski definition) is 7. The molecule has 0 spiro atoms. The lowest BCUT2D eigenvalue weighted by atomic mass is 10.2. The average molecular weight is 430 g/mol. The number of hydrogen-bond donors (Lipinski definition) is 4. The van der Waals surface area contributed by atoms with Crippen LogP contribution in [0.15, 0.2) is 30.7 Å². The van der Waals surface area contributed by atoms with E-state index in [9.17, 15) is 4.79 Å². The first kappa shape index (κ1) is 22.3. The summed E-state index contributed by atoms with van der Waals surface area (Å²) in [6, 6.07) is 5.24. The van der Waals surface area contributed by atoms with E-state index in [4.69, 9.17) is 14.6 Å². The number of H-pyrrole nitrogens is 2. The van der Waals surface area contributed by atoms with Gasteiger partial charge in [-0.1, -0.05) is 4.98 Å². The topological polar surface area (TPSA) is 126 Å². The smallest absolute Gasteiger partial charge is 0.341 e. The van der Waals surface area contributed by atoms with Gasteiger partial charge in [0.25, 0.3) is 0 Å². The van der Waals surface area contributed by atoms with Crippen LogP contribution < -0.4 is 25.1 Å². The van der Waals surface area contributed by atoms with Crippen molar-refractivity contribution in [2.45, 2.75) is 13.0 Å². The fourth-order valence-corrected chi connectivity index (χ4v) is 3.33. The van der Waals surface area contributed by atoms with E-state index < -0.39 is 12.6 Å². The minimum atomic E-state index is -1.06. The van der Waals surface area contributed by atoms with Crippen molar-refractivity contribution in [1.82, 2.24) is 20.2 Å². The van der Waals surface area contributed by atoms with E-state index in [1.54, 1.807) is 18.5 Å². The Labute approximate surface area is 180 Å². The van der Waals surface area contributed by atoms with E-state index in [0.717, 1.165) is 42.7 Å². The molecule has 2 aromatic heterocycles. The lowest BCUT2D eigenvalue weighted by Crippen LogP contribution is -2.22. The van der Waals surface area contributed by atoms with E-state index in [1.807, 2.05) is 19.3 Å². The van der Waals surface area contributed by atoms with Crippen LogP contribution in [0.5, 0.6) is 11.5 Å². The van der Waals surface area contributed by atoms with Crippen LogP contribution in [-0.2, 0) is 11.3 Å². The number of aliphatic carboxylic acids is 1. The van der Waals surface area contributed by atoms with Gasteiger partial charge >= 0.3 is 5.97 Å². The van der Waals surface area contributed by atoms with Crippen LogP contribution in [-0.4, -0.2) is 66.8 Å². The molecule has 0 unspecified atom stereocenters. The van der Waals surface area contributed by atoms with Crippen LogP contribution in [0.3, 0.4) is 0 Å². The Morgan fingerprint density at radius 3 is 2.94 bits per heavy atom. The highest BCUT2D eigenvalue weighted by molar-refractivity contribution is 5.90. The van der Waals surface area contributed by atoms with E-state index in [1.165, 1.54) is 7.11 Å². The van der Waals surface area contributed by atoms with Gasteiger partial charge in [0.1, 0.15) is 5.39 Å². The Bertz CT molecular complexity index is 1020. The highest BCUT2D eigenvalue weighted by atomic mass is 16.5. The number of ether oxygens (including phenoxy) is 2. The summed E-state index contributed by atoms with van der Waals surface area (Å²) in [5, 5.41) is 16.3. The monoisotopic (exact) mass is 429 g/mol. The molecule has 0 bridgehead atoms. The van der Waals surface area contributed by atoms with Crippen molar-refractivity contribution in [1.29, 1.82) is 0 Å². The number of benzene rings is 1. The predicted octanol–water partition coefficient (Wildman–Crippen LogP) is 1.63. The number of nitrogens with zero attached hydrogens (tertiary/aromatic N) is 2. The van der Waals surface area contributed by atoms with Crippen molar-refractivity contribution in [2.24, 2.45) is 0 Å². The second-order valence-corrected chi connectivity index (χ2v) is 7.18. The van der Waals surface area contributed by atoms with E-state index >= 15 is 0 Å². The van der Waals surface area contributed by atoms with Gasteiger partial charge < -0.3 is 30.1 Å². The quantitative estimate of drug-likeness (QED) is 0.320. The van der Waals surface area contributed by atoms with Gasteiger partial charge in [-0.05, 0) is 45.7 Å². The molecule has 10 heteroatoms. The Morgan fingerprint density at radius 1 is 1.35 bits per heavy atom.